The molecule has 0 amide bonds. The first-order valence-corrected chi connectivity index (χ1v) is 12.9. The fraction of sp³-hybridized carbons (Fsp3) is 0.419. The van der Waals surface area contributed by atoms with E-state index in [9.17, 15) is 0 Å². The van der Waals surface area contributed by atoms with E-state index in [0.29, 0.717) is 17.9 Å². The van der Waals surface area contributed by atoms with Gasteiger partial charge in [0.25, 0.3) is 0 Å². The number of hydrogen-bond acceptors (Lipinski definition) is 3. The molecule has 0 spiro atoms. The van der Waals surface area contributed by atoms with Gasteiger partial charge in [0.05, 0.1) is 6.04 Å². The minimum absolute atomic E-state index is 0.298. The zero-order valence-electron chi connectivity index (χ0n) is 20.9. The van der Waals surface area contributed by atoms with Crippen molar-refractivity contribution in [3.8, 4) is 0 Å². The lowest BCUT2D eigenvalue weighted by molar-refractivity contribution is 0.204. The topological polar surface area (TPSA) is 18.5 Å². The third-order valence-corrected chi connectivity index (χ3v) is 8.07. The Morgan fingerprint density at radius 1 is 0.971 bits per heavy atom. The summed E-state index contributed by atoms with van der Waals surface area (Å²) in [5.41, 5.74) is 10.4. The van der Waals surface area contributed by atoms with Gasteiger partial charge >= 0.3 is 0 Å². The van der Waals surface area contributed by atoms with Crippen LogP contribution in [0.2, 0.25) is 0 Å². The first-order chi connectivity index (χ1) is 16.4. The summed E-state index contributed by atoms with van der Waals surface area (Å²) < 4.78 is 0. The van der Waals surface area contributed by atoms with Gasteiger partial charge in [-0.1, -0.05) is 76.0 Å². The summed E-state index contributed by atoms with van der Waals surface area (Å²) >= 11 is 0. The van der Waals surface area contributed by atoms with Gasteiger partial charge in [0, 0.05) is 35.7 Å². The number of fused-ring (bicyclic) bond motifs is 1. The van der Waals surface area contributed by atoms with Gasteiger partial charge in [0.2, 0.25) is 0 Å². The molecule has 2 fully saturated rings. The summed E-state index contributed by atoms with van der Waals surface area (Å²) in [7, 11) is 0. The first kappa shape index (κ1) is 23.0. The number of hydrogen-bond donors (Lipinski definition) is 1. The maximum absolute atomic E-state index is 4.44. The van der Waals surface area contributed by atoms with Crippen molar-refractivity contribution in [3.05, 3.63) is 101 Å². The number of piperidine rings is 2. The molecule has 2 aromatic carbocycles. The predicted molar refractivity (Wildman–Crippen MR) is 143 cm³/mol. The Morgan fingerprint density at radius 2 is 1.71 bits per heavy atom. The largest absolute Gasteiger partial charge is 0.362 e. The van der Waals surface area contributed by atoms with Gasteiger partial charge in [0.15, 0.2) is 0 Å². The molecule has 2 saturated heterocycles. The SMILES string of the molecule is C=C1CCC(N2Cc3cc(C4CCN(Cc5ccc(C(C)C)cc5)CC4)ccc3C2=C)C(=C)N1. The molecule has 0 radical (unpaired) electrons. The van der Waals surface area contributed by atoms with Crippen LogP contribution in [0.25, 0.3) is 5.70 Å². The Hall–Kier alpha value is -2.78. The second-order valence-corrected chi connectivity index (χ2v) is 10.7. The lowest BCUT2D eigenvalue weighted by Crippen LogP contribution is -2.39. The molecule has 3 aliphatic heterocycles. The van der Waals surface area contributed by atoms with Crippen LogP contribution in [0.1, 0.15) is 79.2 Å². The number of likely N-dealkylation sites (tertiary alicyclic amines) is 1. The molecular weight excluding hydrogens is 414 g/mol. The van der Waals surface area contributed by atoms with Crippen LogP contribution in [0.15, 0.2) is 73.6 Å². The van der Waals surface area contributed by atoms with Gasteiger partial charge in [-0.2, -0.15) is 0 Å². The minimum Gasteiger partial charge on any atom is -0.362 e. The summed E-state index contributed by atoms with van der Waals surface area (Å²) in [6, 6.07) is 16.6. The molecule has 1 atom stereocenters. The van der Waals surface area contributed by atoms with Crippen molar-refractivity contribution in [1.29, 1.82) is 0 Å². The third kappa shape index (κ3) is 4.59. The number of allylic oxidation sites excluding steroid dienone is 1. The average Bonchev–Trinajstić information content (AvgIpc) is 3.15. The molecule has 178 valence electrons. The molecule has 0 aliphatic carbocycles. The average molecular weight is 454 g/mol. The predicted octanol–water partition coefficient (Wildman–Crippen LogP) is 6.76. The minimum atomic E-state index is 0.298. The van der Waals surface area contributed by atoms with Crippen LogP contribution >= 0.6 is 0 Å². The van der Waals surface area contributed by atoms with Gasteiger partial charge in [-0.25, -0.2) is 0 Å². The Labute approximate surface area is 205 Å². The summed E-state index contributed by atoms with van der Waals surface area (Å²) in [6.45, 7) is 21.6. The molecule has 2 aromatic rings. The van der Waals surface area contributed by atoms with Crippen molar-refractivity contribution in [2.24, 2.45) is 0 Å². The molecule has 1 N–H and O–H groups in total. The maximum Gasteiger partial charge on any atom is 0.0693 e. The molecule has 0 aromatic heterocycles. The van der Waals surface area contributed by atoms with Gasteiger partial charge in [-0.15, -0.1) is 0 Å². The van der Waals surface area contributed by atoms with Crippen LogP contribution in [0.4, 0.5) is 0 Å². The second kappa shape index (κ2) is 9.46. The van der Waals surface area contributed by atoms with Gasteiger partial charge in [-0.05, 0) is 72.9 Å². The summed E-state index contributed by atoms with van der Waals surface area (Å²) in [4.78, 5) is 5.05. The Bertz CT molecular complexity index is 1090. The van der Waals surface area contributed by atoms with Crippen molar-refractivity contribution < 1.29 is 0 Å². The fourth-order valence-electron chi connectivity index (χ4n) is 5.90. The Kier molecular flexibility index (Phi) is 6.40. The highest BCUT2D eigenvalue weighted by Crippen LogP contribution is 2.39. The van der Waals surface area contributed by atoms with Crippen LogP contribution in [-0.2, 0) is 13.1 Å². The summed E-state index contributed by atoms with van der Waals surface area (Å²) in [6.07, 6.45) is 4.52. The van der Waals surface area contributed by atoms with Crippen molar-refractivity contribution in [1.82, 2.24) is 15.1 Å². The van der Waals surface area contributed by atoms with Crippen molar-refractivity contribution >= 4 is 5.70 Å². The standard InChI is InChI=1S/C31H39N3/c1-21(2)26-9-7-25(8-10-26)19-33-16-14-27(15-17-33)28-11-12-30-24(5)34(20-29(30)18-28)31-13-6-22(3)32-23(31)4/h7-12,18,21,27,31-32H,3-6,13-17,19-20H2,1-2H3. The monoisotopic (exact) mass is 453 g/mol. The highest BCUT2D eigenvalue weighted by atomic mass is 15.2. The van der Waals surface area contributed by atoms with E-state index >= 15 is 0 Å². The van der Waals surface area contributed by atoms with Gasteiger partial charge < -0.3 is 10.2 Å². The number of nitrogens with zero attached hydrogens (tertiary/aromatic N) is 2. The molecule has 3 nitrogen and oxygen atoms in total. The zero-order chi connectivity index (χ0) is 23.8. The molecule has 0 bridgehead atoms. The number of rotatable bonds is 5. The summed E-state index contributed by atoms with van der Waals surface area (Å²) in [5, 5.41) is 3.37. The zero-order valence-corrected chi connectivity index (χ0v) is 20.9. The summed E-state index contributed by atoms with van der Waals surface area (Å²) in [5.74, 6) is 1.25. The Balaban J connectivity index is 1.20. The lowest BCUT2D eigenvalue weighted by Gasteiger charge is -2.36. The molecule has 0 saturated carbocycles. The van der Waals surface area contributed by atoms with E-state index in [-0.39, 0.29) is 0 Å². The fourth-order valence-corrected chi connectivity index (χ4v) is 5.90. The second-order valence-electron chi connectivity index (χ2n) is 10.7. The van der Waals surface area contributed by atoms with E-state index in [0.717, 1.165) is 43.0 Å². The first-order valence-electron chi connectivity index (χ1n) is 12.9. The Morgan fingerprint density at radius 3 is 2.38 bits per heavy atom. The number of nitrogens with one attached hydrogen (secondary N) is 1. The van der Waals surface area contributed by atoms with E-state index < -0.39 is 0 Å². The third-order valence-electron chi connectivity index (χ3n) is 8.07. The van der Waals surface area contributed by atoms with E-state index in [2.05, 4.69) is 91.2 Å². The van der Waals surface area contributed by atoms with Crippen molar-refractivity contribution in [3.63, 3.8) is 0 Å². The van der Waals surface area contributed by atoms with Crippen LogP contribution < -0.4 is 5.32 Å². The van der Waals surface area contributed by atoms with E-state index in [1.54, 1.807) is 0 Å². The van der Waals surface area contributed by atoms with Crippen molar-refractivity contribution in [2.45, 2.75) is 70.5 Å². The molecule has 3 heteroatoms. The lowest BCUT2D eigenvalue weighted by atomic mass is 9.87. The molecular formula is C31H39N3. The smallest absolute Gasteiger partial charge is 0.0693 e. The van der Waals surface area contributed by atoms with Gasteiger partial charge in [-0.3, -0.25) is 4.90 Å². The highest BCUT2D eigenvalue weighted by Gasteiger charge is 2.32. The number of benzene rings is 2. The molecule has 5 rings (SSSR count). The molecule has 3 aliphatic rings. The molecule has 3 heterocycles. The maximum atomic E-state index is 4.44. The molecule has 34 heavy (non-hydrogen) atoms. The van der Waals surface area contributed by atoms with Crippen LogP contribution in [0, 0.1) is 0 Å². The van der Waals surface area contributed by atoms with E-state index in [1.807, 2.05) is 0 Å². The van der Waals surface area contributed by atoms with Crippen LogP contribution in [-0.4, -0.2) is 28.9 Å². The van der Waals surface area contributed by atoms with E-state index in [1.165, 1.54) is 53.7 Å². The van der Waals surface area contributed by atoms with Gasteiger partial charge in [0.1, 0.15) is 0 Å². The van der Waals surface area contributed by atoms with Crippen molar-refractivity contribution in [2.75, 3.05) is 13.1 Å². The van der Waals surface area contributed by atoms with E-state index in [4.69, 9.17) is 0 Å². The molecule has 1 unspecified atom stereocenters. The quantitative estimate of drug-likeness (QED) is 0.540. The normalized spacial score (nSPS) is 21.8. The van der Waals surface area contributed by atoms with Crippen LogP contribution in [0.5, 0.6) is 0 Å². The highest BCUT2D eigenvalue weighted by molar-refractivity contribution is 5.70. The van der Waals surface area contributed by atoms with Crippen LogP contribution in [0.3, 0.4) is 0 Å².